The minimum Gasteiger partial charge on any atom is -0.496 e. The molecule has 2 aromatic heterocycles. The maximum atomic E-state index is 13.6. The number of nitrogens with zero attached hydrogens (tertiary/aromatic N) is 3. The first-order chi connectivity index (χ1) is 16.9. The van der Waals surface area contributed by atoms with Crippen LogP contribution in [0.15, 0.2) is 51.8 Å². The Labute approximate surface area is 207 Å². The number of ether oxygens (including phenoxy) is 1. The van der Waals surface area contributed by atoms with Gasteiger partial charge in [-0.3, -0.25) is 9.59 Å². The number of halogens is 1. The van der Waals surface area contributed by atoms with Crippen molar-refractivity contribution in [2.24, 2.45) is 0 Å². The normalized spacial score (nSPS) is 13.2. The van der Waals surface area contributed by atoms with Gasteiger partial charge < -0.3 is 18.7 Å². The van der Waals surface area contributed by atoms with Crippen LogP contribution in [0.2, 0.25) is 5.02 Å². The highest BCUT2D eigenvalue weighted by atomic mass is 35.5. The summed E-state index contributed by atoms with van der Waals surface area (Å²) in [6.07, 6.45) is 1.57. The van der Waals surface area contributed by atoms with Crippen LogP contribution < -0.4 is 10.3 Å². The van der Waals surface area contributed by atoms with Gasteiger partial charge in [-0.1, -0.05) is 28.9 Å². The summed E-state index contributed by atoms with van der Waals surface area (Å²) in [5.74, 6) is 1.06. The molecule has 0 unspecified atom stereocenters. The van der Waals surface area contributed by atoms with E-state index in [2.05, 4.69) is 5.16 Å². The number of rotatable bonds is 6. The van der Waals surface area contributed by atoms with Gasteiger partial charge >= 0.3 is 0 Å². The third-order valence-corrected chi connectivity index (χ3v) is 6.88. The number of pyridine rings is 1. The van der Waals surface area contributed by atoms with Gasteiger partial charge in [-0.25, -0.2) is 0 Å². The highest BCUT2D eigenvalue weighted by Gasteiger charge is 2.26. The van der Waals surface area contributed by atoms with Crippen LogP contribution in [0.3, 0.4) is 0 Å². The van der Waals surface area contributed by atoms with Crippen molar-refractivity contribution in [1.82, 2.24) is 14.6 Å². The molecule has 7 nitrogen and oxygen atoms in total. The lowest BCUT2D eigenvalue weighted by Gasteiger charge is -2.31. The summed E-state index contributed by atoms with van der Waals surface area (Å²) in [6.45, 7) is 5.49. The number of aromatic nitrogens is 2. The second-order valence-corrected chi connectivity index (χ2v) is 9.28. The first kappa shape index (κ1) is 23.2. The first-order valence-corrected chi connectivity index (χ1v) is 12.0. The fourth-order valence-corrected chi connectivity index (χ4v) is 4.72. The van der Waals surface area contributed by atoms with E-state index in [9.17, 15) is 9.59 Å². The van der Waals surface area contributed by atoms with Gasteiger partial charge in [0.2, 0.25) is 0 Å². The van der Waals surface area contributed by atoms with Gasteiger partial charge in [-0.05, 0) is 56.5 Å². The second-order valence-electron chi connectivity index (χ2n) is 8.85. The average molecular weight is 492 g/mol. The zero-order valence-electron chi connectivity index (χ0n) is 19.9. The van der Waals surface area contributed by atoms with Crippen LogP contribution in [-0.4, -0.2) is 40.7 Å². The van der Waals surface area contributed by atoms with Gasteiger partial charge in [0.25, 0.3) is 11.5 Å². The Balaban J connectivity index is 1.69. The fourth-order valence-electron chi connectivity index (χ4n) is 4.60. The fraction of sp³-hybridized carbons (Fsp3) is 0.296. The maximum absolute atomic E-state index is 13.6. The Hall–Kier alpha value is -3.58. The number of likely N-dealkylation sites (tertiary alicyclic amines) is 1. The molecule has 180 valence electrons. The average Bonchev–Trinajstić information content (AvgIpc) is 3.15. The van der Waals surface area contributed by atoms with E-state index in [1.807, 2.05) is 50.2 Å². The van der Waals surface area contributed by atoms with Crippen LogP contribution in [0.25, 0.3) is 22.0 Å². The van der Waals surface area contributed by atoms with Crippen molar-refractivity contribution in [3.8, 4) is 16.9 Å². The van der Waals surface area contributed by atoms with Gasteiger partial charge in [-0.15, -0.1) is 0 Å². The number of aryl methyl sites for hydroxylation is 4. The summed E-state index contributed by atoms with van der Waals surface area (Å²) < 4.78 is 12.8. The van der Waals surface area contributed by atoms with E-state index in [1.165, 1.54) is 0 Å². The zero-order valence-corrected chi connectivity index (χ0v) is 20.7. The lowest BCUT2D eigenvalue weighted by molar-refractivity contribution is 0.0649. The molecule has 0 N–H and O–H groups in total. The highest BCUT2D eigenvalue weighted by Crippen LogP contribution is 2.37. The van der Waals surface area contributed by atoms with Crippen molar-refractivity contribution < 1.29 is 14.1 Å². The summed E-state index contributed by atoms with van der Waals surface area (Å²) in [6, 6.07) is 13.1. The molecule has 3 heterocycles. The minimum absolute atomic E-state index is 0.184. The standard InChI is InChI=1S/C27H26ClN3O4/c1-16-25(17(2)35-29-16)21-13-19-14-22(26(32)30-10-4-11-30)27(33)31(23(19)15-24(21)34-3)12-9-18-5-7-20(28)8-6-18/h5-8,13-15H,4,9-12H2,1-3H3. The van der Waals surface area contributed by atoms with Crippen molar-refractivity contribution in [2.75, 3.05) is 20.2 Å². The van der Waals surface area contributed by atoms with Crippen molar-refractivity contribution in [3.63, 3.8) is 0 Å². The molecule has 1 amide bonds. The number of hydrogen-bond donors (Lipinski definition) is 0. The molecular weight excluding hydrogens is 466 g/mol. The lowest BCUT2D eigenvalue weighted by Crippen LogP contribution is -2.44. The first-order valence-electron chi connectivity index (χ1n) is 11.6. The van der Waals surface area contributed by atoms with Crippen LogP contribution in [0.5, 0.6) is 5.75 Å². The number of benzene rings is 2. The van der Waals surface area contributed by atoms with Gasteiger partial charge in [0, 0.05) is 41.7 Å². The van der Waals surface area contributed by atoms with E-state index in [4.69, 9.17) is 20.9 Å². The van der Waals surface area contributed by atoms with Gasteiger partial charge in [0.1, 0.15) is 17.1 Å². The van der Waals surface area contributed by atoms with Crippen LogP contribution >= 0.6 is 11.6 Å². The summed E-state index contributed by atoms with van der Waals surface area (Å²) in [7, 11) is 1.60. The molecule has 1 aliphatic heterocycles. The van der Waals surface area contributed by atoms with Crippen molar-refractivity contribution in [1.29, 1.82) is 0 Å². The van der Waals surface area contributed by atoms with Gasteiger partial charge in [-0.2, -0.15) is 0 Å². The van der Waals surface area contributed by atoms with Crippen LogP contribution in [0, 0.1) is 13.8 Å². The Morgan fingerprint density at radius 1 is 1.14 bits per heavy atom. The Bertz CT molecular complexity index is 1460. The maximum Gasteiger partial charge on any atom is 0.263 e. The van der Waals surface area contributed by atoms with Gasteiger partial charge in [0.15, 0.2) is 0 Å². The van der Waals surface area contributed by atoms with Crippen LogP contribution in [0.4, 0.5) is 0 Å². The molecule has 8 heteroatoms. The number of hydrogen-bond acceptors (Lipinski definition) is 5. The number of fused-ring (bicyclic) bond motifs is 1. The largest absolute Gasteiger partial charge is 0.496 e. The summed E-state index contributed by atoms with van der Waals surface area (Å²) in [5, 5.41) is 5.52. The van der Waals surface area contributed by atoms with E-state index in [1.54, 1.807) is 22.6 Å². The molecule has 0 saturated carbocycles. The quantitative estimate of drug-likeness (QED) is 0.378. The summed E-state index contributed by atoms with van der Waals surface area (Å²) in [5.41, 5.74) is 4.04. The number of carbonyl (C=O) groups excluding carboxylic acids is 1. The number of amides is 1. The highest BCUT2D eigenvalue weighted by molar-refractivity contribution is 6.30. The molecule has 35 heavy (non-hydrogen) atoms. The van der Waals surface area contributed by atoms with Crippen molar-refractivity contribution in [2.45, 2.75) is 33.2 Å². The molecule has 0 spiro atoms. The van der Waals surface area contributed by atoms with Crippen LogP contribution in [-0.2, 0) is 13.0 Å². The Morgan fingerprint density at radius 3 is 2.49 bits per heavy atom. The Kier molecular flexibility index (Phi) is 6.11. The number of methoxy groups -OCH3 is 1. The third-order valence-electron chi connectivity index (χ3n) is 6.63. The predicted molar refractivity (Wildman–Crippen MR) is 135 cm³/mol. The van der Waals surface area contributed by atoms with E-state index in [-0.39, 0.29) is 17.0 Å². The zero-order chi connectivity index (χ0) is 24.7. The van der Waals surface area contributed by atoms with Crippen molar-refractivity contribution in [3.05, 3.63) is 80.4 Å². The molecule has 5 rings (SSSR count). The summed E-state index contributed by atoms with van der Waals surface area (Å²) >= 11 is 6.03. The molecule has 0 aliphatic carbocycles. The minimum atomic E-state index is -0.296. The van der Waals surface area contributed by atoms with E-state index in [0.717, 1.165) is 34.2 Å². The molecule has 0 radical (unpaired) electrons. The molecule has 2 aromatic carbocycles. The second kappa shape index (κ2) is 9.23. The molecule has 1 aliphatic rings. The smallest absolute Gasteiger partial charge is 0.263 e. The van der Waals surface area contributed by atoms with Crippen LogP contribution in [0.1, 0.15) is 33.8 Å². The molecular formula is C27H26ClN3O4. The van der Waals surface area contributed by atoms with E-state index in [0.29, 0.717) is 48.1 Å². The Morgan fingerprint density at radius 2 is 1.89 bits per heavy atom. The van der Waals surface area contributed by atoms with Gasteiger partial charge in [0.05, 0.1) is 23.9 Å². The lowest BCUT2D eigenvalue weighted by atomic mass is 9.99. The monoisotopic (exact) mass is 491 g/mol. The molecule has 4 aromatic rings. The van der Waals surface area contributed by atoms with Crippen molar-refractivity contribution >= 4 is 28.4 Å². The molecule has 0 bridgehead atoms. The topological polar surface area (TPSA) is 77.6 Å². The third kappa shape index (κ3) is 4.21. The predicted octanol–water partition coefficient (Wildman–Crippen LogP) is 5.02. The number of carbonyl (C=O) groups is 1. The summed E-state index contributed by atoms with van der Waals surface area (Å²) in [4.78, 5) is 28.5. The molecule has 1 saturated heterocycles. The molecule has 0 atom stereocenters. The van der Waals surface area contributed by atoms with E-state index < -0.39 is 0 Å². The van der Waals surface area contributed by atoms with E-state index >= 15 is 0 Å². The SMILES string of the molecule is COc1cc2c(cc1-c1c(C)noc1C)cc(C(=O)N1CCC1)c(=O)n2CCc1ccc(Cl)cc1. The molecule has 1 fully saturated rings.